The van der Waals surface area contributed by atoms with Crippen LogP contribution >= 0.6 is 0 Å². The summed E-state index contributed by atoms with van der Waals surface area (Å²) in [6, 6.07) is 2.56. The van der Waals surface area contributed by atoms with Crippen molar-refractivity contribution in [1.29, 1.82) is 0 Å². The molecule has 0 bridgehead atoms. The molecule has 0 amide bonds. The van der Waals surface area contributed by atoms with Crippen molar-refractivity contribution in [2.45, 2.75) is 52.4 Å². The van der Waals surface area contributed by atoms with Gasteiger partial charge in [0.25, 0.3) is 0 Å². The molecule has 1 N–H and O–H groups in total. The number of hydrogen-bond donors (Lipinski definition) is 1. The van der Waals surface area contributed by atoms with E-state index in [9.17, 15) is 0 Å². The van der Waals surface area contributed by atoms with Crippen LogP contribution in [0.3, 0.4) is 0 Å². The van der Waals surface area contributed by atoms with Gasteiger partial charge in [0, 0.05) is 30.2 Å². The minimum atomic E-state index is 0.0955. The molecule has 0 aromatic carbocycles. The van der Waals surface area contributed by atoms with Gasteiger partial charge in [-0.15, -0.1) is 0 Å². The number of furan rings is 1. The molecule has 0 atom stereocenters. The molecule has 1 fully saturated rings. The lowest BCUT2D eigenvalue weighted by Gasteiger charge is -2.42. The molecule has 0 spiro atoms. The summed E-state index contributed by atoms with van der Waals surface area (Å²) in [6.07, 6.45) is 1.79. The van der Waals surface area contributed by atoms with E-state index in [4.69, 9.17) is 9.15 Å². The van der Waals surface area contributed by atoms with Crippen LogP contribution in [0, 0.1) is 0 Å². The number of hydrogen-bond acceptors (Lipinski definition) is 4. The maximum absolute atomic E-state index is 5.60. The zero-order chi connectivity index (χ0) is 13.9. The Hall–Kier alpha value is -0.840. The van der Waals surface area contributed by atoms with Crippen LogP contribution in [0.15, 0.2) is 16.7 Å². The highest BCUT2D eigenvalue weighted by Crippen LogP contribution is 2.23. The molecule has 19 heavy (non-hydrogen) atoms. The predicted molar refractivity (Wildman–Crippen MR) is 76.0 cm³/mol. The lowest BCUT2D eigenvalue weighted by Crippen LogP contribution is -2.52. The van der Waals surface area contributed by atoms with Crippen LogP contribution in [0.1, 0.15) is 39.0 Å². The Labute approximate surface area is 116 Å². The van der Waals surface area contributed by atoms with E-state index in [1.165, 1.54) is 5.56 Å². The van der Waals surface area contributed by atoms with E-state index in [1.807, 2.05) is 0 Å². The maximum atomic E-state index is 5.60. The van der Waals surface area contributed by atoms with Crippen molar-refractivity contribution in [3.8, 4) is 0 Å². The molecule has 108 valence electrons. The zero-order valence-electron chi connectivity index (χ0n) is 12.5. The lowest BCUT2D eigenvalue weighted by atomic mass is 10.0. The number of nitrogens with zero attached hydrogens (tertiary/aromatic N) is 1. The topological polar surface area (TPSA) is 37.6 Å². The fourth-order valence-electron chi connectivity index (χ4n) is 2.35. The molecule has 0 radical (unpaired) electrons. The van der Waals surface area contributed by atoms with E-state index in [2.05, 4.69) is 44.0 Å². The Morgan fingerprint density at radius 3 is 2.89 bits per heavy atom. The highest BCUT2D eigenvalue weighted by Gasteiger charge is 2.31. The summed E-state index contributed by atoms with van der Waals surface area (Å²) >= 11 is 0. The van der Waals surface area contributed by atoms with E-state index >= 15 is 0 Å². The molecular formula is C15H26N2O2. The third kappa shape index (κ3) is 3.81. The average Bonchev–Trinajstić information content (AvgIpc) is 2.76. The van der Waals surface area contributed by atoms with Gasteiger partial charge in [0.15, 0.2) is 0 Å². The molecule has 1 aromatic rings. The molecule has 1 aromatic heterocycles. The van der Waals surface area contributed by atoms with Crippen molar-refractivity contribution in [2.24, 2.45) is 0 Å². The number of nitrogens with one attached hydrogen (secondary N) is 1. The van der Waals surface area contributed by atoms with E-state index < -0.39 is 0 Å². The second-order valence-electron chi connectivity index (χ2n) is 6.19. The van der Waals surface area contributed by atoms with Crippen molar-refractivity contribution in [3.05, 3.63) is 23.7 Å². The molecular weight excluding hydrogens is 240 g/mol. The van der Waals surface area contributed by atoms with Gasteiger partial charge in [-0.05, 0) is 19.9 Å². The molecule has 1 aliphatic heterocycles. The van der Waals surface area contributed by atoms with Gasteiger partial charge < -0.3 is 14.5 Å². The first-order chi connectivity index (χ1) is 8.99. The average molecular weight is 266 g/mol. The van der Waals surface area contributed by atoms with Gasteiger partial charge in [0.05, 0.1) is 26.0 Å². The molecule has 0 unspecified atom stereocenters. The van der Waals surface area contributed by atoms with E-state index in [-0.39, 0.29) is 5.54 Å². The Balaban J connectivity index is 2.00. The Morgan fingerprint density at radius 1 is 1.42 bits per heavy atom. The summed E-state index contributed by atoms with van der Waals surface area (Å²) < 4.78 is 11.2. The standard InChI is InChI=1S/C15H26N2O2/c1-12(2)16-9-14-13(5-7-19-14)10-17-6-8-18-11-15(17,3)4/h5,7,12,16H,6,8-11H2,1-4H3. The van der Waals surface area contributed by atoms with Crippen molar-refractivity contribution in [3.63, 3.8) is 0 Å². The summed E-state index contributed by atoms with van der Waals surface area (Å²) in [5.41, 5.74) is 1.38. The number of morpholine rings is 1. The fraction of sp³-hybridized carbons (Fsp3) is 0.733. The number of rotatable bonds is 5. The van der Waals surface area contributed by atoms with Crippen LogP contribution in [0.4, 0.5) is 0 Å². The lowest BCUT2D eigenvalue weighted by molar-refractivity contribution is -0.0554. The third-order valence-corrected chi connectivity index (χ3v) is 3.69. The molecule has 1 aliphatic rings. The summed E-state index contributed by atoms with van der Waals surface area (Å²) in [5.74, 6) is 1.05. The highest BCUT2D eigenvalue weighted by molar-refractivity contribution is 5.17. The van der Waals surface area contributed by atoms with Gasteiger partial charge in [-0.25, -0.2) is 0 Å². The predicted octanol–water partition coefficient (Wildman–Crippen LogP) is 2.39. The van der Waals surface area contributed by atoms with Gasteiger partial charge in [0.1, 0.15) is 5.76 Å². The van der Waals surface area contributed by atoms with Crippen molar-refractivity contribution < 1.29 is 9.15 Å². The van der Waals surface area contributed by atoms with Crippen molar-refractivity contribution in [2.75, 3.05) is 19.8 Å². The Bertz CT molecular complexity index is 399. The highest BCUT2D eigenvalue weighted by atomic mass is 16.5. The van der Waals surface area contributed by atoms with Crippen molar-refractivity contribution >= 4 is 0 Å². The largest absolute Gasteiger partial charge is 0.468 e. The minimum absolute atomic E-state index is 0.0955. The SMILES string of the molecule is CC(C)NCc1occc1CN1CCOCC1(C)C. The van der Waals surface area contributed by atoms with Crippen LogP contribution in [0.2, 0.25) is 0 Å². The zero-order valence-corrected chi connectivity index (χ0v) is 12.5. The molecule has 4 heteroatoms. The molecule has 2 rings (SSSR count). The van der Waals surface area contributed by atoms with Crippen LogP contribution in [0.25, 0.3) is 0 Å². The first-order valence-electron chi connectivity index (χ1n) is 7.10. The molecule has 1 saturated heterocycles. The Morgan fingerprint density at radius 2 is 2.21 bits per heavy atom. The summed E-state index contributed by atoms with van der Waals surface area (Å²) in [6.45, 7) is 13.1. The second kappa shape index (κ2) is 6.07. The third-order valence-electron chi connectivity index (χ3n) is 3.69. The van der Waals surface area contributed by atoms with E-state index in [0.29, 0.717) is 6.04 Å². The van der Waals surface area contributed by atoms with E-state index in [0.717, 1.165) is 38.6 Å². The first kappa shape index (κ1) is 14.6. The second-order valence-corrected chi connectivity index (χ2v) is 6.19. The minimum Gasteiger partial charge on any atom is -0.468 e. The maximum Gasteiger partial charge on any atom is 0.122 e. The quantitative estimate of drug-likeness (QED) is 0.888. The normalized spacial score (nSPS) is 20.1. The van der Waals surface area contributed by atoms with Crippen LogP contribution in [-0.4, -0.2) is 36.2 Å². The Kier molecular flexibility index (Phi) is 4.66. The van der Waals surface area contributed by atoms with Gasteiger partial charge in [-0.2, -0.15) is 0 Å². The van der Waals surface area contributed by atoms with Crippen molar-refractivity contribution in [1.82, 2.24) is 10.2 Å². The monoisotopic (exact) mass is 266 g/mol. The summed E-state index contributed by atoms with van der Waals surface area (Å²) in [5, 5.41) is 3.41. The summed E-state index contributed by atoms with van der Waals surface area (Å²) in [4.78, 5) is 2.47. The van der Waals surface area contributed by atoms with Gasteiger partial charge in [-0.3, -0.25) is 4.90 Å². The first-order valence-corrected chi connectivity index (χ1v) is 7.10. The molecule has 2 heterocycles. The molecule has 4 nitrogen and oxygen atoms in total. The van der Waals surface area contributed by atoms with E-state index in [1.54, 1.807) is 6.26 Å². The van der Waals surface area contributed by atoms with Crippen LogP contribution in [-0.2, 0) is 17.8 Å². The smallest absolute Gasteiger partial charge is 0.122 e. The van der Waals surface area contributed by atoms with Gasteiger partial charge in [0.2, 0.25) is 0 Å². The fourth-order valence-corrected chi connectivity index (χ4v) is 2.35. The van der Waals surface area contributed by atoms with Crippen LogP contribution in [0.5, 0.6) is 0 Å². The number of ether oxygens (including phenoxy) is 1. The molecule has 0 saturated carbocycles. The van der Waals surface area contributed by atoms with Crippen LogP contribution < -0.4 is 5.32 Å². The van der Waals surface area contributed by atoms with Gasteiger partial charge >= 0.3 is 0 Å². The summed E-state index contributed by atoms with van der Waals surface area (Å²) in [7, 11) is 0. The molecule has 0 aliphatic carbocycles. The van der Waals surface area contributed by atoms with Gasteiger partial charge in [-0.1, -0.05) is 13.8 Å².